The maximum atomic E-state index is 13.3. The Morgan fingerprint density at radius 3 is 2.36 bits per heavy atom. The summed E-state index contributed by atoms with van der Waals surface area (Å²) in [4.78, 5) is 30.0. The van der Waals surface area contributed by atoms with Crippen molar-refractivity contribution in [3.63, 3.8) is 0 Å². The van der Waals surface area contributed by atoms with Gasteiger partial charge in [-0.25, -0.2) is 0 Å². The summed E-state index contributed by atoms with van der Waals surface area (Å²) in [5.74, 6) is -0.516. The number of piperazine rings is 1. The Hall–Kier alpha value is -3.68. The Morgan fingerprint density at radius 2 is 1.67 bits per heavy atom. The van der Waals surface area contributed by atoms with Crippen LogP contribution in [0.4, 0.5) is 17.1 Å². The molecule has 1 saturated heterocycles. The minimum atomic E-state index is -0.267. The number of carbonyl (C=O) groups is 2. The number of para-hydroxylation sites is 1. The molecule has 0 unspecified atom stereocenters. The van der Waals surface area contributed by atoms with Crippen LogP contribution in [0, 0.1) is 0 Å². The molecule has 33 heavy (non-hydrogen) atoms. The SMILES string of the molecule is NCc1cccc(C(=O)N(CC(=O)Nc2ccc(N3CCNCC3)cc2)c2ccccc2)c1. The predicted octanol–water partition coefficient (Wildman–Crippen LogP) is 2.84. The summed E-state index contributed by atoms with van der Waals surface area (Å²) >= 11 is 0. The third-order valence-corrected chi connectivity index (χ3v) is 5.66. The zero-order valence-electron chi connectivity index (χ0n) is 18.5. The van der Waals surface area contributed by atoms with Crippen molar-refractivity contribution in [2.75, 3.05) is 47.8 Å². The monoisotopic (exact) mass is 443 g/mol. The van der Waals surface area contributed by atoms with Crippen LogP contribution in [0.2, 0.25) is 0 Å². The fourth-order valence-corrected chi connectivity index (χ4v) is 3.90. The van der Waals surface area contributed by atoms with Crippen LogP contribution < -0.4 is 26.2 Å². The highest BCUT2D eigenvalue weighted by Crippen LogP contribution is 2.20. The van der Waals surface area contributed by atoms with E-state index in [1.807, 2.05) is 60.7 Å². The van der Waals surface area contributed by atoms with E-state index < -0.39 is 0 Å². The molecule has 1 aliphatic rings. The number of nitrogens with one attached hydrogen (secondary N) is 2. The van der Waals surface area contributed by atoms with Crippen LogP contribution in [0.25, 0.3) is 0 Å². The van der Waals surface area contributed by atoms with Gasteiger partial charge in [0.15, 0.2) is 0 Å². The molecule has 0 aliphatic carbocycles. The maximum absolute atomic E-state index is 13.3. The third-order valence-electron chi connectivity index (χ3n) is 5.66. The Morgan fingerprint density at radius 1 is 0.939 bits per heavy atom. The standard InChI is InChI=1S/C26H29N5O2/c27-18-20-5-4-6-21(17-20)26(33)31(24-7-2-1-3-8-24)19-25(32)29-22-9-11-23(12-10-22)30-15-13-28-14-16-30/h1-12,17,28H,13-16,18-19,27H2,(H,29,32). The van der Waals surface area contributed by atoms with Gasteiger partial charge in [0.25, 0.3) is 5.91 Å². The number of rotatable bonds is 7. The Balaban J connectivity index is 1.47. The lowest BCUT2D eigenvalue weighted by Crippen LogP contribution is -2.43. The van der Waals surface area contributed by atoms with Gasteiger partial charge in [0, 0.05) is 55.3 Å². The number of carbonyl (C=O) groups excluding carboxylic acids is 2. The molecule has 3 aromatic rings. The number of benzene rings is 3. The molecule has 7 nitrogen and oxygen atoms in total. The van der Waals surface area contributed by atoms with Gasteiger partial charge in [-0.05, 0) is 54.1 Å². The van der Waals surface area contributed by atoms with E-state index in [0.29, 0.717) is 23.5 Å². The molecule has 0 saturated carbocycles. The first-order valence-corrected chi connectivity index (χ1v) is 11.2. The number of nitrogens with zero attached hydrogens (tertiary/aromatic N) is 2. The molecule has 3 aromatic carbocycles. The van der Waals surface area contributed by atoms with Gasteiger partial charge in [-0.2, -0.15) is 0 Å². The van der Waals surface area contributed by atoms with Crippen molar-refractivity contribution in [3.05, 3.63) is 90.0 Å². The van der Waals surface area contributed by atoms with Gasteiger partial charge in [0.2, 0.25) is 5.91 Å². The van der Waals surface area contributed by atoms with E-state index in [-0.39, 0.29) is 18.4 Å². The second kappa shape index (κ2) is 10.8. The van der Waals surface area contributed by atoms with Crippen LogP contribution in [-0.4, -0.2) is 44.5 Å². The second-order valence-corrected chi connectivity index (χ2v) is 7.96. The van der Waals surface area contributed by atoms with Gasteiger partial charge >= 0.3 is 0 Å². The lowest BCUT2D eigenvalue weighted by atomic mass is 10.1. The van der Waals surface area contributed by atoms with Crippen LogP contribution in [0.1, 0.15) is 15.9 Å². The van der Waals surface area contributed by atoms with E-state index >= 15 is 0 Å². The summed E-state index contributed by atoms with van der Waals surface area (Å²) < 4.78 is 0. The highest BCUT2D eigenvalue weighted by molar-refractivity contribution is 6.10. The van der Waals surface area contributed by atoms with E-state index in [0.717, 1.165) is 37.4 Å². The Labute approximate surface area is 194 Å². The first kappa shape index (κ1) is 22.5. The molecular formula is C26H29N5O2. The summed E-state index contributed by atoms with van der Waals surface area (Å²) in [6.45, 7) is 4.11. The van der Waals surface area contributed by atoms with Gasteiger partial charge in [-0.1, -0.05) is 30.3 Å². The molecule has 1 heterocycles. The molecule has 0 radical (unpaired) electrons. The first-order chi connectivity index (χ1) is 16.1. The zero-order chi connectivity index (χ0) is 23.0. The van der Waals surface area contributed by atoms with Gasteiger partial charge in [-0.3, -0.25) is 14.5 Å². The normalized spacial score (nSPS) is 13.4. The predicted molar refractivity (Wildman–Crippen MR) is 133 cm³/mol. The molecule has 7 heteroatoms. The minimum Gasteiger partial charge on any atom is -0.369 e. The van der Waals surface area contributed by atoms with E-state index in [4.69, 9.17) is 5.73 Å². The molecule has 170 valence electrons. The van der Waals surface area contributed by atoms with Crippen LogP contribution in [0.15, 0.2) is 78.9 Å². The van der Waals surface area contributed by atoms with E-state index in [2.05, 4.69) is 15.5 Å². The largest absolute Gasteiger partial charge is 0.369 e. The maximum Gasteiger partial charge on any atom is 0.258 e. The van der Waals surface area contributed by atoms with E-state index in [9.17, 15) is 9.59 Å². The molecule has 1 aliphatic heterocycles. The summed E-state index contributed by atoms with van der Waals surface area (Å²) in [5, 5.41) is 6.26. The molecular weight excluding hydrogens is 414 g/mol. The molecule has 2 amide bonds. The number of nitrogens with two attached hydrogens (primary N) is 1. The van der Waals surface area contributed by atoms with Crippen LogP contribution >= 0.6 is 0 Å². The smallest absolute Gasteiger partial charge is 0.258 e. The summed E-state index contributed by atoms with van der Waals surface area (Å²) in [7, 11) is 0. The number of hydrogen-bond acceptors (Lipinski definition) is 5. The van der Waals surface area contributed by atoms with Crippen molar-refractivity contribution in [1.82, 2.24) is 5.32 Å². The Kier molecular flexibility index (Phi) is 7.34. The van der Waals surface area contributed by atoms with E-state index in [1.165, 1.54) is 4.90 Å². The van der Waals surface area contributed by atoms with Gasteiger partial charge in [-0.15, -0.1) is 0 Å². The van der Waals surface area contributed by atoms with Gasteiger partial charge < -0.3 is 21.3 Å². The average Bonchev–Trinajstić information content (AvgIpc) is 2.88. The number of hydrogen-bond donors (Lipinski definition) is 3. The molecule has 4 rings (SSSR count). The summed E-state index contributed by atoms with van der Waals surface area (Å²) in [6, 6.07) is 24.2. The minimum absolute atomic E-state index is 0.102. The lowest BCUT2D eigenvalue weighted by molar-refractivity contribution is -0.114. The fraction of sp³-hybridized carbons (Fsp3) is 0.231. The fourth-order valence-electron chi connectivity index (χ4n) is 3.90. The molecule has 0 atom stereocenters. The summed E-state index contributed by atoms with van der Waals surface area (Å²) in [5.41, 5.74) is 9.59. The van der Waals surface area contributed by atoms with Crippen LogP contribution in [0.3, 0.4) is 0 Å². The molecule has 4 N–H and O–H groups in total. The van der Waals surface area contributed by atoms with Crippen molar-refractivity contribution in [1.29, 1.82) is 0 Å². The van der Waals surface area contributed by atoms with Crippen molar-refractivity contribution in [3.8, 4) is 0 Å². The van der Waals surface area contributed by atoms with Gasteiger partial charge in [0.05, 0.1) is 0 Å². The van der Waals surface area contributed by atoms with Crippen molar-refractivity contribution >= 4 is 28.9 Å². The quantitative estimate of drug-likeness (QED) is 0.522. The Bertz CT molecular complexity index is 1080. The third kappa shape index (κ3) is 5.77. The van der Waals surface area contributed by atoms with Crippen molar-refractivity contribution in [2.24, 2.45) is 5.73 Å². The van der Waals surface area contributed by atoms with Crippen molar-refractivity contribution < 1.29 is 9.59 Å². The van der Waals surface area contributed by atoms with Gasteiger partial charge in [0.1, 0.15) is 6.54 Å². The highest BCUT2D eigenvalue weighted by Gasteiger charge is 2.21. The first-order valence-electron chi connectivity index (χ1n) is 11.2. The molecule has 0 bridgehead atoms. The number of amides is 2. The topological polar surface area (TPSA) is 90.7 Å². The molecule has 1 fully saturated rings. The zero-order valence-corrected chi connectivity index (χ0v) is 18.5. The van der Waals surface area contributed by atoms with Crippen LogP contribution in [-0.2, 0) is 11.3 Å². The van der Waals surface area contributed by atoms with Crippen molar-refractivity contribution in [2.45, 2.75) is 6.54 Å². The molecule has 0 aromatic heterocycles. The van der Waals surface area contributed by atoms with Crippen LogP contribution in [0.5, 0.6) is 0 Å². The summed E-state index contributed by atoms with van der Waals surface area (Å²) in [6.07, 6.45) is 0. The second-order valence-electron chi connectivity index (χ2n) is 7.96. The average molecular weight is 444 g/mol. The number of anilines is 3. The highest BCUT2D eigenvalue weighted by atomic mass is 16.2. The lowest BCUT2D eigenvalue weighted by Gasteiger charge is -2.29. The molecule has 0 spiro atoms. The van der Waals surface area contributed by atoms with E-state index in [1.54, 1.807) is 18.2 Å².